The minimum Gasteiger partial charge on any atom is -0.340 e. The molecule has 86 valence electrons. The van der Waals surface area contributed by atoms with Crippen molar-refractivity contribution in [1.29, 1.82) is 0 Å². The predicted molar refractivity (Wildman–Crippen MR) is 66.7 cm³/mol. The van der Waals surface area contributed by atoms with Gasteiger partial charge in [0.2, 0.25) is 0 Å². The van der Waals surface area contributed by atoms with E-state index in [0.29, 0.717) is 5.92 Å². The molecule has 0 saturated carbocycles. The number of fused-ring (bicyclic) bond motifs is 1. The molecule has 0 aliphatic heterocycles. The summed E-state index contributed by atoms with van der Waals surface area (Å²) in [5, 5.41) is 0. The number of hydrogen-bond donors (Lipinski definition) is 1. The quantitative estimate of drug-likeness (QED) is 0.795. The highest BCUT2D eigenvalue weighted by atomic mass is 15.0. The number of imidazole rings is 1. The number of nitrogens with one attached hydrogen (secondary N) is 1. The molecule has 2 aromatic rings. The fraction of sp³-hybridized carbons (Fsp3) is 0.538. The summed E-state index contributed by atoms with van der Waals surface area (Å²) < 4.78 is 0. The third kappa shape index (κ3) is 1.94. The van der Waals surface area contributed by atoms with Gasteiger partial charge in [0.15, 0.2) is 5.65 Å². The van der Waals surface area contributed by atoms with Gasteiger partial charge in [0.1, 0.15) is 5.82 Å². The highest BCUT2D eigenvalue weighted by Crippen LogP contribution is 2.24. The predicted octanol–water partition coefficient (Wildman–Crippen LogP) is 3.38. The maximum atomic E-state index is 4.47. The number of H-pyrrole nitrogens is 1. The fourth-order valence-electron chi connectivity index (χ4n) is 1.60. The van der Waals surface area contributed by atoms with E-state index < -0.39 is 0 Å². The van der Waals surface area contributed by atoms with Crippen LogP contribution in [0.15, 0.2) is 12.3 Å². The topological polar surface area (TPSA) is 41.6 Å². The molecule has 0 amide bonds. The van der Waals surface area contributed by atoms with E-state index in [2.05, 4.69) is 55.6 Å². The molecule has 0 aromatic carbocycles. The molecule has 3 heteroatoms. The Balaban J connectivity index is 2.54. The van der Waals surface area contributed by atoms with Gasteiger partial charge in [-0.3, -0.25) is 0 Å². The van der Waals surface area contributed by atoms with Crippen LogP contribution in [0.25, 0.3) is 11.2 Å². The summed E-state index contributed by atoms with van der Waals surface area (Å²) in [6.07, 6.45) is 1.92. The van der Waals surface area contributed by atoms with Crippen LogP contribution in [0.5, 0.6) is 0 Å². The Morgan fingerprint density at radius 2 is 1.94 bits per heavy atom. The number of rotatable bonds is 1. The molecular weight excluding hydrogens is 198 g/mol. The standard InChI is InChI=1S/C13H19N3/c1-8(2)11-15-10-6-9(13(3,4)5)7-14-12(10)16-11/h6-8H,1-5H3,(H,14,15,16). The molecule has 0 unspecified atom stereocenters. The normalized spacial score (nSPS) is 12.6. The molecule has 0 spiro atoms. The Morgan fingerprint density at radius 3 is 2.50 bits per heavy atom. The van der Waals surface area contributed by atoms with Crippen molar-refractivity contribution in [3.8, 4) is 0 Å². The molecule has 0 radical (unpaired) electrons. The van der Waals surface area contributed by atoms with Gasteiger partial charge < -0.3 is 4.98 Å². The maximum absolute atomic E-state index is 4.47. The van der Waals surface area contributed by atoms with Crippen LogP contribution in [0.1, 0.15) is 51.9 Å². The fourth-order valence-corrected chi connectivity index (χ4v) is 1.60. The molecule has 0 fully saturated rings. The van der Waals surface area contributed by atoms with Crippen LogP contribution in [0.4, 0.5) is 0 Å². The first-order valence-corrected chi connectivity index (χ1v) is 5.74. The van der Waals surface area contributed by atoms with Crippen molar-refractivity contribution in [1.82, 2.24) is 15.0 Å². The first kappa shape index (κ1) is 11.1. The van der Waals surface area contributed by atoms with Crippen molar-refractivity contribution in [3.05, 3.63) is 23.7 Å². The van der Waals surface area contributed by atoms with Crippen LogP contribution in [-0.2, 0) is 5.41 Å². The summed E-state index contributed by atoms with van der Waals surface area (Å²) in [5.74, 6) is 1.42. The summed E-state index contributed by atoms with van der Waals surface area (Å²) >= 11 is 0. The van der Waals surface area contributed by atoms with Gasteiger partial charge >= 0.3 is 0 Å². The minimum atomic E-state index is 0.129. The zero-order valence-electron chi connectivity index (χ0n) is 10.6. The van der Waals surface area contributed by atoms with Crippen LogP contribution in [0.3, 0.4) is 0 Å². The number of pyridine rings is 1. The number of nitrogens with zero attached hydrogens (tertiary/aromatic N) is 2. The van der Waals surface area contributed by atoms with Crippen LogP contribution < -0.4 is 0 Å². The number of aromatic amines is 1. The second-order valence-corrected chi connectivity index (χ2v) is 5.62. The van der Waals surface area contributed by atoms with Gasteiger partial charge in [0.25, 0.3) is 0 Å². The van der Waals surface area contributed by atoms with E-state index in [1.807, 2.05) is 6.20 Å². The van der Waals surface area contributed by atoms with E-state index in [1.165, 1.54) is 5.56 Å². The lowest BCUT2D eigenvalue weighted by Crippen LogP contribution is -2.11. The first-order valence-electron chi connectivity index (χ1n) is 5.74. The van der Waals surface area contributed by atoms with Gasteiger partial charge in [-0.1, -0.05) is 34.6 Å². The highest BCUT2D eigenvalue weighted by Gasteiger charge is 2.16. The SMILES string of the molecule is CC(C)c1nc2ncc(C(C)(C)C)cc2[nH]1. The molecule has 0 aliphatic carbocycles. The molecule has 2 rings (SSSR count). The van der Waals surface area contributed by atoms with Crippen molar-refractivity contribution in [3.63, 3.8) is 0 Å². The van der Waals surface area contributed by atoms with Crippen molar-refractivity contribution in [2.24, 2.45) is 0 Å². The molecule has 0 atom stereocenters. The van der Waals surface area contributed by atoms with Gasteiger partial charge in [-0.05, 0) is 17.0 Å². The molecule has 3 nitrogen and oxygen atoms in total. The van der Waals surface area contributed by atoms with Crippen LogP contribution in [0, 0.1) is 0 Å². The summed E-state index contributed by atoms with van der Waals surface area (Å²) in [7, 11) is 0. The minimum absolute atomic E-state index is 0.129. The molecular formula is C13H19N3. The summed E-state index contributed by atoms with van der Waals surface area (Å²) in [5.41, 5.74) is 3.22. The molecule has 0 aliphatic rings. The molecule has 16 heavy (non-hydrogen) atoms. The largest absolute Gasteiger partial charge is 0.340 e. The molecule has 2 aromatic heterocycles. The Morgan fingerprint density at radius 1 is 1.25 bits per heavy atom. The zero-order chi connectivity index (χ0) is 11.9. The van der Waals surface area contributed by atoms with Gasteiger partial charge in [-0.25, -0.2) is 9.97 Å². The lowest BCUT2D eigenvalue weighted by Gasteiger charge is -2.17. The summed E-state index contributed by atoms with van der Waals surface area (Å²) in [4.78, 5) is 12.2. The molecule has 1 N–H and O–H groups in total. The number of hydrogen-bond acceptors (Lipinski definition) is 2. The van der Waals surface area contributed by atoms with Crippen LogP contribution in [-0.4, -0.2) is 15.0 Å². The van der Waals surface area contributed by atoms with Crippen molar-refractivity contribution >= 4 is 11.2 Å². The average molecular weight is 217 g/mol. The summed E-state index contributed by atoms with van der Waals surface area (Å²) in [6.45, 7) is 10.8. The molecule has 2 heterocycles. The maximum Gasteiger partial charge on any atom is 0.177 e. The van der Waals surface area contributed by atoms with E-state index >= 15 is 0 Å². The third-order valence-electron chi connectivity index (χ3n) is 2.77. The second-order valence-electron chi connectivity index (χ2n) is 5.62. The Hall–Kier alpha value is -1.38. The Labute approximate surface area is 96.3 Å². The number of aromatic nitrogens is 3. The van der Waals surface area contributed by atoms with Crippen molar-refractivity contribution in [2.45, 2.75) is 46.0 Å². The van der Waals surface area contributed by atoms with E-state index in [-0.39, 0.29) is 5.41 Å². The van der Waals surface area contributed by atoms with Gasteiger partial charge in [0, 0.05) is 12.1 Å². The highest BCUT2D eigenvalue weighted by molar-refractivity contribution is 5.71. The molecule has 0 saturated heterocycles. The van der Waals surface area contributed by atoms with Crippen LogP contribution >= 0.6 is 0 Å². The van der Waals surface area contributed by atoms with E-state index in [0.717, 1.165) is 17.0 Å². The monoisotopic (exact) mass is 217 g/mol. The lowest BCUT2D eigenvalue weighted by molar-refractivity contribution is 0.588. The summed E-state index contributed by atoms with van der Waals surface area (Å²) in [6, 6.07) is 2.15. The van der Waals surface area contributed by atoms with Gasteiger partial charge in [-0.15, -0.1) is 0 Å². The zero-order valence-corrected chi connectivity index (χ0v) is 10.6. The van der Waals surface area contributed by atoms with Crippen molar-refractivity contribution in [2.75, 3.05) is 0 Å². The van der Waals surface area contributed by atoms with E-state index in [4.69, 9.17) is 0 Å². The lowest BCUT2D eigenvalue weighted by atomic mass is 9.88. The van der Waals surface area contributed by atoms with E-state index in [9.17, 15) is 0 Å². The van der Waals surface area contributed by atoms with Gasteiger partial charge in [0.05, 0.1) is 5.52 Å². The van der Waals surface area contributed by atoms with Crippen molar-refractivity contribution < 1.29 is 0 Å². The first-order chi connectivity index (χ1) is 7.38. The van der Waals surface area contributed by atoms with Crippen LogP contribution in [0.2, 0.25) is 0 Å². The third-order valence-corrected chi connectivity index (χ3v) is 2.77. The smallest absolute Gasteiger partial charge is 0.177 e. The Bertz CT molecular complexity index is 503. The van der Waals surface area contributed by atoms with Gasteiger partial charge in [-0.2, -0.15) is 0 Å². The van der Waals surface area contributed by atoms with E-state index in [1.54, 1.807) is 0 Å². The second kappa shape index (κ2) is 3.58. The Kier molecular flexibility index (Phi) is 2.49. The molecule has 0 bridgehead atoms. The average Bonchev–Trinajstić information content (AvgIpc) is 2.58.